The SMILES string of the molecule is COC(=O)COc1cc2oc(=O)c(C)c(C)c2cc1Cl. The fraction of sp³-hybridized carbons (Fsp3) is 0.286. The summed E-state index contributed by atoms with van der Waals surface area (Å²) in [7, 11) is 1.26. The minimum Gasteiger partial charge on any atom is -0.480 e. The van der Waals surface area contributed by atoms with Crippen LogP contribution < -0.4 is 10.4 Å². The summed E-state index contributed by atoms with van der Waals surface area (Å²) in [6, 6.07) is 3.14. The van der Waals surface area contributed by atoms with Gasteiger partial charge in [-0.25, -0.2) is 9.59 Å². The van der Waals surface area contributed by atoms with Crippen molar-refractivity contribution in [2.75, 3.05) is 13.7 Å². The molecule has 0 fully saturated rings. The van der Waals surface area contributed by atoms with Crippen molar-refractivity contribution in [3.63, 3.8) is 0 Å². The number of ether oxygens (including phenoxy) is 2. The van der Waals surface area contributed by atoms with Gasteiger partial charge in [-0.1, -0.05) is 11.6 Å². The van der Waals surface area contributed by atoms with Gasteiger partial charge < -0.3 is 13.9 Å². The molecule has 0 saturated heterocycles. The fourth-order valence-corrected chi connectivity index (χ4v) is 1.97. The molecule has 0 amide bonds. The van der Waals surface area contributed by atoms with E-state index in [1.807, 2.05) is 6.92 Å². The van der Waals surface area contributed by atoms with E-state index in [1.54, 1.807) is 13.0 Å². The van der Waals surface area contributed by atoms with Gasteiger partial charge in [-0.2, -0.15) is 0 Å². The summed E-state index contributed by atoms with van der Waals surface area (Å²) in [6.07, 6.45) is 0. The van der Waals surface area contributed by atoms with E-state index in [-0.39, 0.29) is 12.4 Å². The van der Waals surface area contributed by atoms with Gasteiger partial charge in [-0.05, 0) is 25.5 Å². The van der Waals surface area contributed by atoms with Gasteiger partial charge in [0.1, 0.15) is 11.3 Å². The van der Waals surface area contributed by atoms with E-state index in [0.29, 0.717) is 16.2 Å². The van der Waals surface area contributed by atoms with Crippen LogP contribution in [0.2, 0.25) is 5.02 Å². The molecule has 20 heavy (non-hydrogen) atoms. The smallest absolute Gasteiger partial charge is 0.343 e. The Labute approximate surface area is 120 Å². The molecule has 1 aromatic heterocycles. The highest BCUT2D eigenvalue weighted by Crippen LogP contribution is 2.31. The van der Waals surface area contributed by atoms with Crippen LogP contribution in [0, 0.1) is 13.8 Å². The molecule has 2 aromatic rings. The first kappa shape index (κ1) is 14.4. The van der Waals surface area contributed by atoms with Crippen molar-refractivity contribution in [1.82, 2.24) is 0 Å². The van der Waals surface area contributed by atoms with Gasteiger partial charge in [0.15, 0.2) is 6.61 Å². The topological polar surface area (TPSA) is 65.7 Å². The Morgan fingerprint density at radius 1 is 1.30 bits per heavy atom. The summed E-state index contributed by atoms with van der Waals surface area (Å²) < 4.78 is 14.9. The molecule has 6 heteroatoms. The Bertz CT molecular complexity index is 732. The van der Waals surface area contributed by atoms with Gasteiger partial charge >= 0.3 is 11.6 Å². The summed E-state index contributed by atoms with van der Waals surface area (Å²) in [5.41, 5.74) is 1.30. The highest BCUT2D eigenvalue weighted by atomic mass is 35.5. The van der Waals surface area contributed by atoms with Crippen molar-refractivity contribution < 1.29 is 18.7 Å². The Morgan fingerprint density at radius 3 is 2.65 bits per heavy atom. The van der Waals surface area contributed by atoms with Crippen LogP contribution in [0.15, 0.2) is 21.3 Å². The molecule has 0 aliphatic rings. The minimum absolute atomic E-state index is 0.260. The maximum atomic E-state index is 11.6. The van der Waals surface area contributed by atoms with Crippen molar-refractivity contribution in [3.8, 4) is 5.75 Å². The molecular weight excluding hydrogens is 284 g/mol. The van der Waals surface area contributed by atoms with E-state index in [4.69, 9.17) is 20.8 Å². The number of rotatable bonds is 3. The average molecular weight is 297 g/mol. The summed E-state index contributed by atoms with van der Waals surface area (Å²) in [5.74, 6) is -0.265. The van der Waals surface area contributed by atoms with Crippen molar-refractivity contribution in [2.45, 2.75) is 13.8 Å². The lowest BCUT2D eigenvalue weighted by atomic mass is 10.1. The molecule has 0 saturated carbocycles. The summed E-state index contributed by atoms with van der Waals surface area (Å²) in [6.45, 7) is 3.24. The lowest BCUT2D eigenvalue weighted by Gasteiger charge is -2.09. The maximum Gasteiger partial charge on any atom is 0.343 e. The van der Waals surface area contributed by atoms with E-state index in [2.05, 4.69) is 4.74 Å². The largest absolute Gasteiger partial charge is 0.480 e. The van der Waals surface area contributed by atoms with Crippen molar-refractivity contribution >= 4 is 28.5 Å². The van der Waals surface area contributed by atoms with Crippen LogP contribution in [-0.4, -0.2) is 19.7 Å². The summed E-state index contributed by atoms with van der Waals surface area (Å²) in [4.78, 5) is 22.7. The number of methoxy groups -OCH3 is 1. The Hall–Kier alpha value is -2.01. The van der Waals surface area contributed by atoms with Gasteiger partial charge in [-0.15, -0.1) is 0 Å². The predicted octanol–water partition coefficient (Wildman–Crippen LogP) is 2.62. The molecule has 0 radical (unpaired) electrons. The second kappa shape index (κ2) is 5.54. The van der Waals surface area contributed by atoms with Gasteiger partial charge in [0.05, 0.1) is 12.1 Å². The average Bonchev–Trinajstić information content (AvgIpc) is 2.43. The highest BCUT2D eigenvalue weighted by molar-refractivity contribution is 6.32. The van der Waals surface area contributed by atoms with Crippen molar-refractivity contribution in [2.24, 2.45) is 0 Å². The summed E-state index contributed by atoms with van der Waals surface area (Å²) in [5, 5.41) is 1.07. The molecule has 2 rings (SSSR count). The molecule has 0 spiro atoms. The number of benzene rings is 1. The third-order valence-corrected chi connectivity index (χ3v) is 3.38. The van der Waals surface area contributed by atoms with Crippen LogP contribution in [0.1, 0.15) is 11.1 Å². The van der Waals surface area contributed by atoms with Crippen LogP contribution in [0.4, 0.5) is 0 Å². The van der Waals surface area contributed by atoms with E-state index < -0.39 is 11.6 Å². The number of halogens is 1. The number of aryl methyl sites for hydroxylation is 1. The van der Waals surface area contributed by atoms with Crippen LogP contribution in [-0.2, 0) is 9.53 Å². The quantitative estimate of drug-likeness (QED) is 0.643. The van der Waals surface area contributed by atoms with Gasteiger partial charge in [-0.3, -0.25) is 0 Å². The predicted molar refractivity (Wildman–Crippen MR) is 74.5 cm³/mol. The van der Waals surface area contributed by atoms with Crippen LogP contribution in [0.25, 0.3) is 11.0 Å². The zero-order valence-electron chi connectivity index (χ0n) is 11.3. The third-order valence-electron chi connectivity index (χ3n) is 3.08. The first-order valence-corrected chi connectivity index (χ1v) is 6.25. The number of carbonyl (C=O) groups is 1. The lowest BCUT2D eigenvalue weighted by molar-refractivity contribution is -0.142. The summed E-state index contributed by atoms with van der Waals surface area (Å²) >= 11 is 6.10. The van der Waals surface area contributed by atoms with Crippen molar-refractivity contribution in [3.05, 3.63) is 38.7 Å². The Morgan fingerprint density at radius 2 is 2.00 bits per heavy atom. The van der Waals surface area contributed by atoms with Crippen LogP contribution >= 0.6 is 11.6 Å². The molecule has 0 atom stereocenters. The molecule has 0 N–H and O–H groups in total. The minimum atomic E-state index is -0.525. The van der Waals surface area contributed by atoms with E-state index in [1.165, 1.54) is 13.2 Å². The zero-order valence-corrected chi connectivity index (χ0v) is 12.0. The second-order valence-electron chi connectivity index (χ2n) is 4.28. The van der Waals surface area contributed by atoms with Gasteiger partial charge in [0.2, 0.25) is 0 Å². The number of hydrogen-bond donors (Lipinski definition) is 0. The number of carbonyl (C=O) groups excluding carboxylic acids is 1. The molecule has 1 heterocycles. The molecule has 106 valence electrons. The van der Waals surface area contributed by atoms with E-state index in [9.17, 15) is 9.59 Å². The molecule has 0 unspecified atom stereocenters. The monoisotopic (exact) mass is 296 g/mol. The number of esters is 1. The first-order valence-electron chi connectivity index (χ1n) is 5.87. The maximum absolute atomic E-state index is 11.6. The van der Waals surface area contributed by atoms with E-state index in [0.717, 1.165) is 10.9 Å². The molecule has 0 aliphatic heterocycles. The van der Waals surface area contributed by atoms with Gasteiger partial charge in [0, 0.05) is 17.0 Å². The number of fused-ring (bicyclic) bond motifs is 1. The highest BCUT2D eigenvalue weighted by Gasteiger charge is 2.13. The van der Waals surface area contributed by atoms with Crippen molar-refractivity contribution in [1.29, 1.82) is 0 Å². The Balaban J connectivity index is 2.49. The molecule has 1 aromatic carbocycles. The Kier molecular flexibility index (Phi) is 3.99. The normalized spacial score (nSPS) is 10.6. The lowest BCUT2D eigenvalue weighted by Crippen LogP contribution is -2.13. The van der Waals surface area contributed by atoms with Crippen LogP contribution in [0.5, 0.6) is 5.75 Å². The first-order chi connectivity index (χ1) is 9.43. The fourth-order valence-electron chi connectivity index (χ4n) is 1.75. The molecule has 0 bridgehead atoms. The molecule has 0 aliphatic carbocycles. The van der Waals surface area contributed by atoms with Crippen LogP contribution in [0.3, 0.4) is 0 Å². The number of hydrogen-bond acceptors (Lipinski definition) is 5. The zero-order chi connectivity index (χ0) is 14.9. The molecule has 5 nitrogen and oxygen atoms in total. The second-order valence-corrected chi connectivity index (χ2v) is 4.69. The molecular formula is C14H13ClO5. The standard InChI is InChI=1S/C14H13ClO5/c1-7-8(2)14(17)20-11-5-12(10(15)4-9(7)11)19-6-13(16)18-3/h4-5H,6H2,1-3H3. The van der Waals surface area contributed by atoms with Gasteiger partial charge in [0.25, 0.3) is 0 Å². The third kappa shape index (κ3) is 2.63. The van der Waals surface area contributed by atoms with E-state index >= 15 is 0 Å².